The van der Waals surface area contributed by atoms with E-state index >= 15 is 0 Å². The maximum absolute atomic E-state index is 6.68. The highest BCUT2D eigenvalue weighted by Crippen LogP contribution is 2.24. The lowest BCUT2D eigenvalue weighted by molar-refractivity contribution is 0.534. The minimum Gasteiger partial charge on any atom is -0.458 e. The van der Waals surface area contributed by atoms with Crippen LogP contribution < -0.4 is 0 Å². The van der Waals surface area contributed by atoms with Crippen LogP contribution in [0.25, 0.3) is 0 Å². The topological polar surface area (TPSA) is 9.23 Å². The molecule has 0 amide bonds. The molecule has 0 aromatic carbocycles. The summed E-state index contributed by atoms with van der Waals surface area (Å²) < 4.78 is 6.68. The SMILES string of the molecule is CCC[SiH](CCC)O[Si](C)(CCC)CCC. The van der Waals surface area contributed by atoms with Gasteiger partial charge in [0.1, 0.15) is 0 Å². The van der Waals surface area contributed by atoms with E-state index in [2.05, 4.69) is 34.2 Å². The largest absolute Gasteiger partial charge is 0.458 e. The van der Waals surface area contributed by atoms with Crippen LogP contribution in [0.1, 0.15) is 53.4 Å². The zero-order valence-electron chi connectivity index (χ0n) is 12.1. The maximum Gasteiger partial charge on any atom is 0.176 e. The lowest BCUT2D eigenvalue weighted by atomic mass is 10.6. The monoisotopic (exact) mass is 260 g/mol. The molecule has 0 aromatic heterocycles. The van der Waals surface area contributed by atoms with E-state index in [4.69, 9.17) is 4.12 Å². The predicted molar refractivity (Wildman–Crippen MR) is 80.2 cm³/mol. The van der Waals surface area contributed by atoms with Crippen LogP contribution in [-0.2, 0) is 4.12 Å². The average molecular weight is 261 g/mol. The Morgan fingerprint density at radius 3 is 1.56 bits per heavy atom. The zero-order valence-corrected chi connectivity index (χ0v) is 14.3. The van der Waals surface area contributed by atoms with Gasteiger partial charge in [-0.25, -0.2) is 0 Å². The number of hydrogen-bond donors (Lipinski definition) is 0. The lowest BCUT2D eigenvalue weighted by Gasteiger charge is -2.32. The fraction of sp³-hybridized carbons (Fsp3) is 1.00. The van der Waals surface area contributed by atoms with Gasteiger partial charge in [-0.1, -0.05) is 53.4 Å². The molecule has 0 saturated carbocycles. The third-order valence-corrected chi connectivity index (χ3v) is 12.4. The summed E-state index contributed by atoms with van der Waals surface area (Å²) in [5.74, 6) is 0. The summed E-state index contributed by atoms with van der Waals surface area (Å²) in [5, 5.41) is 0. The van der Waals surface area contributed by atoms with Crippen LogP contribution >= 0.6 is 0 Å². The Kier molecular flexibility index (Phi) is 9.66. The van der Waals surface area contributed by atoms with E-state index in [0.717, 1.165) is 0 Å². The van der Waals surface area contributed by atoms with Crippen molar-refractivity contribution < 1.29 is 4.12 Å². The molecule has 0 aliphatic heterocycles. The van der Waals surface area contributed by atoms with Crippen molar-refractivity contribution >= 4 is 17.4 Å². The number of rotatable bonds is 10. The molecule has 0 unspecified atom stereocenters. The van der Waals surface area contributed by atoms with E-state index < -0.39 is 17.4 Å². The van der Waals surface area contributed by atoms with Crippen molar-refractivity contribution in [2.45, 2.75) is 84.1 Å². The van der Waals surface area contributed by atoms with Gasteiger partial charge in [-0.2, -0.15) is 0 Å². The molecule has 0 bridgehead atoms. The van der Waals surface area contributed by atoms with E-state index in [0.29, 0.717) is 0 Å². The maximum atomic E-state index is 6.68. The smallest absolute Gasteiger partial charge is 0.176 e. The van der Waals surface area contributed by atoms with Gasteiger partial charge < -0.3 is 4.12 Å². The summed E-state index contributed by atoms with van der Waals surface area (Å²) in [6, 6.07) is 5.53. The summed E-state index contributed by atoms with van der Waals surface area (Å²) >= 11 is 0. The highest BCUT2D eigenvalue weighted by Gasteiger charge is 2.29. The second-order valence-electron chi connectivity index (χ2n) is 5.27. The first kappa shape index (κ1) is 16.4. The summed E-state index contributed by atoms with van der Waals surface area (Å²) in [7, 11) is -2.19. The molecule has 3 heteroatoms. The van der Waals surface area contributed by atoms with E-state index in [1.165, 1.54) is 49.9 Å². The second kappa shape index (κ2) is 9.43. The van der Waals surface area contributed by atoms with Crippen molar-refractivity contribution in [2.24, 2.45) is 0 Å². The molecule has 16 heavy (non-hydrogen) atoms. The Balaban J connectivity index is 4.30. The molecule has 0 rings (SSSR count). The first-order valence-electron chi connectivity index (χ1n) is 7.29. The zero-order chi connectivity index (χ0) is 12.4. The van der Waals surface area contributed by atoms with Gasteiger partial charge in [0.25, 0.3) is 0 Å². The Morgan fingerprint density at radius 2 is 1.25 bits per heavy atom. The summed E-state index contributed by atoms with van der Waals surface area (Å²) in [5.41, 5.74) is 0. The quantitative estimate of drug-likeness (QED) is 0.505. The first-order valence-corrected chi connectivity index (χ1v) is 12.2. The van der Waals surface area contributed by atoms with Crippen molar-refractivity contribution in [1.29, 1.82) is 0 Å². The third kappa shape index (κ3) is 6.87. The summed E-state index contributed by atoms with van der Waals surface area (Å²) in [6.45, 7) is 11.7. The molecule has 0 atom stereocenters. The van der Waals surface area contributed by atoms with Crippen molar-refractivity contribution in [3.8, 4) is 0 Å². The van der Waals surface area contributed by atoms with Crippen molar-refractivity contribution in [3.05, 3.63) is 0 Å². The number of hydrogen-bond acceptors (Lipinski definition) is 1. The van der Waals surface area contributed by atoms with Gasteiger partial charge in [0.2, 0.25) is 0 Å². The highest BCUT2D eigenvalue weighted by atomic mass is 28.4. The highest BCUT2D eigenvalue weighted by molar-refractivity contribution is 6.79. The Morgan fingerprint density at radius 1 is 0.812 bits per heavy atom. The third-order valence-electron chi connectivity index (χ3n) is 3.23. The Hall–Kier alpha value is 0.394. The average Bonchev–Trinajstić information content (AvgIpc) is 2.18. The Labute approximate surface area is 106 Å². The Bertz CT molecular complexity index is 150. The van der Waals surface area contributed by atoms with Crippen LogP contribution in [0.5, 0.6) is 0 Å². The minimum absolute atomic E-state index is 0.860. The molecule has 0 aromatic rings. The normalized spacial score (nSPS) is 12.4. The summed E-state index contributed by atoms with van der Waals surface area (Å²) in [6.07, 6.45) is 5.25. The van der Waals surface area contributed by atoms with Crippen LogP contribution in [0, 0.1) is 0 Å². The molecule has 0 spiro atoms. The van der Waals surface area contributed by atoms with Crippen molar-refractivity contribution in [2.75, 3.05) is 0 Å². The molecule has 1 nitrogen and oxygen atoms in total. The fourth-order valence-corrected chi connectivity index (χ4v) is 11.7. The van der Waals surface area contributed by atoms with Crippen LogP contribution in [0.3, 0.4) is 0 Å². The second-order valence-corrected chi connectivity index (χ2v) is 12.5. The first-order chi connectivity index (χ1) is 7.61. The van der Waals surface area contributed by atoms with Crippen molar-refractivity contribution in [3.63, 3.8) is 0 Å². The van der Waals surface area contributed by atoms with E-state index in [1.807, 2.05) is 0 Å². The van der Waals surface area contributed by atoms with Gasteiger partial charge in [-0.05, 0) is 30.7 Å². The molecule has 0 aliphatic rings. The molecular weight excluding hydrogens is 228 g/mol. The van der Waals surface area contributed by atoms with Gasteiger partial charge in [0.15, 0.2) is 17.4 Å². The molecule has 0 radical (unpaired) electrons. The minimum atomic E-state index is -1.33. The van der Waals surface area contributed by atoms with Crippen molar-refractivity contribution in [1.82, 2.24) is 0 Å². The van der Waals surface area contributed by atoms with Crippen LogP contribution in [0.4, 0.5) is 0 Å². The van der Waals surface area contributed by atoms with E-state index in [1.54, 1.807) is 0 Å². The molecule has 0 aliphatic carbocycles. The van der Waals surface area contributed by atoms with Gasteiger partial charge in [-0.15, -0.1) is 0 Å². The molecule has 0 N–H and O–H groups in total. The van der Waals surface area contributed by atoms with Crippen LogP contribution in [0.2, 0.25) is 30.7 Å². The van der Waals surface area contributed by atoms with Crippen LogP contribution in [0.15, 0.2) is 0 Å². The molecule has 0 fully saturated rings. The fourth-order valence-electron chi connectivity index (χ4n) is 2.61. The van der Waals surface area contributed by atoms with Gasteiger partial charge in [0.05, 0.1) is 0 Å². The lowest BCUT2D eigenvalue weighted by Crippen LogP contribution is -2.40. The predicted octanol–water partition coefficient (Wildman–Crippen LogP) is 4.94. The van der Waals surface area contributed by atoms with Gasteiger partial charge >= 0.3 is 0 Å². The summed E-state index contributed by atoms with van der Waals surface area (Å²) in [4.78, 5) is 0. The standard InChI is InChI=1S/C13H32OSi2/c1-6-10-15(11-7-2)14-16(5,12-8-3)13-9-4/h15H,6-13H2,1-5H3. The van der Waals surface area contributed by atoms with Crippen LogP contribution in [-0.4, -0.2) is 17.4 Å². The van der Waals surface area contributed by atoms with E-state index in [-0.39, 0.29) is 0 Å². The molecular formula is C13H32OSi2. The van der Waals surface area contributed by atoms with Gasteiger partial charge in [0, 0.05) is 0 Å². The molecule has 0 heterocycles. The van der Waals surface area contributed by atoms with Gasteiger partial charge in [-0.3, -0.25) is 0 Å². The van der Waals surface area contributed by atoms with E-state index in [9.17, 15) is 0 Å². The molecule has 0 saturated heterocycles. The molecule has 98 valence electrons.